The zero-order valence-electron chi connectivity index (χ0n) is 10.8. The highest BCUT2D eigenvalue weighted by molar-refractivity contribution is 6.04. The number of carbonyl (C=O) groups excluding carboxylic acids is 1. The number of anilines is 1. The summed E-state index contributed by atoms with van der Waals surface area (Å²) in [5.74, 6) is -1.70. The fourth-order valence-electron chi connectivity index (χ4n) is 1.69. The number of hydrogen-bond donors (Lipinski definition) is 3. The molecule has 0 fully saturated rings. The predicted molar refractivity (Wildman–Crippen MR) is 71.3 cm³/mol. The number of aromatic carboxylic acids is 1. The van der Waals surface area contributed by atoms with Crippen LogP contribution < -0.4 is 5.32 Å². The molecule has 21 heavy (non-hydrogen) atoms. The Morgan fingerprint density at radius 2 is 2.10 bits per heavy atom. The van der Waals surface area contributed by atoms with Crippen LogP contribution in [0.1, 0.15) is 26.4 Å². The van der Waals surface area contributed by atoms with E-state index in [1.54, 1.807) is 0 Å². The SMILES string of the molecule is Cc1cc(C(=O)Nc2cc(C(=O)O)[nH]n2)ccc1[N+](=O)[O-]. The third-order valence-corrected chi connectivity index (χ3v) is 2.71. The summed E-state index contributed by atoms with van der Waals surface area (Å²) in [6.45, 7) is 1.52. The van der Waals surface area contributed by atoms with Crippen LogP contribution in [-0.4, -0.2) is 32.1 Å². The first-order chi connectivity index (χ1) is 9.88. The number of carboxylic acids is 1. The zero-order chi connectivity index (χ0) is 15.6. The van der Waals surface area contributed by atoms with Gasteiger partial charge in [-0.05, 0) is 19.1 Å². The lowest BCUT2D eigenvalue weighted by atomic mass is 10.1. The van der Waals surface area contributed by atoms with E-state index in [0.717, 1.165) is 0 Å². The summed E-state index contributed by atoms with van der Waals surface area (Å²) in [7, 11) is 0. The Bertz CT molecular complexity index is 737. The van der Waals surface area contributed by atoms with Crippen LogP contribution in [0, 0.1) is 17.0 Å². The molecule has 0 bridgehead atoms. The normalized spacial score (nSPS) is 10.1. The third kappa shape index (κ3) is 3.03. The van der Waals surface area contributed by atoms with Gasteiger partial charge in [0.05, 0.1) is 4.92 Å². The van der Waals surface area contributed by atoms with Crippen molar-refractivity contribution >= 4 is 23.4 Å². The van der Waals surface area contributed by atoms with Gasteiger partial charge in [-0.2, -0.15) is 5.10 Å². The van der Waals surface area contributed by atoms with Crippen LogP contribution in [0.5, 0.6) is 0 Å². The monoisotopic (exact) mass is 290 g/mol. The van der Waals surface area contributed by atoms with Crippen LogP contribution in [0.3, 0.4) is 0 Å². The Balaban J connectivity index is 2.18. The van der Waals surface area contributed by atoms with Gasteiger partial charge in [0.25, 0.3) is 11.6 Å². The first-order valence-electron chi connectivity index (χ1n) is 5.73. The van der Waals surface area contributed by atoms with Crippen molar-refractivity contribution in [3.63, 3.8) is 0 Å². The molecular formula is C12H10N4O5. The number of nitro benzene ring substituents is 1. The molecule has 2 aromatic rings. The number of amides is 1. The van der Waals surface area contributed by atoms with E-state index in [0.29, 0.717) is 5.56 Å². The molecule has 9 heteroatoms. The van der Waals surface area contributed by atoms with E-state index in [1.165, 1.54) is 31.2 Å². The number of aryl methyl sites for hydroxylation is 1. The molecule has 1 aromatic heterocycles. The second-order valence-corrected chi connectivity index (χ2v) is 4.18. The minimum Gasteiger partial charge on any atom is -0.477 e. The fraction of sp³-hybridized carbons (Fsp3) is 0.0833. The number of nitro groups is 1. The van der Waals surface area contributed by atoms with Gasteiger partial charge in [-0.1, -0.05) is 0 Å². The van der Waals surface area contributed by atoms with Crippen molar-refractivity contribution in [2.45, 2.75) is 6.92 Å². The maximum Gasteiger partial charge on any atom is 0.353 e. The first kappa shape index (κ1) is 14.2. The van der Waals surface area contributed by atoms with Crippen LogP contribution in [0.25, 0.3) is 0 Å². The summed E-state index contributed by atoms with van der Waals surface area (Å²) >= 11 is 0. The molecule has 0 aliphatic rings. The quantitative estimate of drug-likeness (QED) is 0.577. The van der Waals surface area contributed by atoms with E-state index in [1.807, 2.05) is 0 Å². The van der Waals surface area contributed by atoms with Crippen LogP contribution >= 0.6 is 0 Å². The molecule has 108 valence electrons. The molecule has 1 aromatic carbocycles. The Morgan fingerprint density at radius 1 is 1.38 bits per heavy atom. The Morgan fingerprint density at radius 3 is 2.62 bits per heavy atom. The highest BCUT2D eigenvalue weighted by Gasteiger charge is 2.15. The number of nitrogens with zero attached hydrogens (tertiary/aromatic N) is 2. The Labute approximate surface area is 117 Å². The molecule has 0 aliphatic heterocycles. The summed E-state index contributed by atoms with van der Waals surface area (Å²) < 4.78 is 0. The van der Waals surface area contributed by atoms with Crippen molar-refractivity contribution < 1.29 is 19.6 Å². The average Bonchev–Trinajstić information content (AvgIpc) is 2.86. The maximum absolute atomic E-state index is 11.9. The van der Waals surface area contributed by atoms with Gasteiger partial charge in [-0.15, -0.1) is 0 Å². The van der Waals surface area contributed by atoms with Gasteiger partial charge in [0.2, 0.25) is 0 Å². The summed E-state index contributed by atoms with van der Waals surface area (Å²) in [6, 6.07) is 5.08. The number of rotatable bonds is 4. The number of benzene rings is 1. The van der Waals surface area contributed by atoms with Crippen molar-refractivity contribution in [1.82, 2.24) is 10.2 Å². The zero-order valence-corrected chi connectivity index (χ0v) is 10.8. The lowest BCUT2D eigenvalue weighted by Gasteiger charge is -2.03. The van der Waals surface area contributed by atoms with Gasteiger partial charge in [0.1, 0.15) is 5.69 Å². The molecule has 0 aliphatic carbocycles. The molecule has 1 heterocycles. The number of aromatic amines is 1. The smallest absolute Gasteiger partial charge is 0.353 e. The van der Waals surface area contributed by atoms with E-state index in [2.05, 4.69) is 15.5 Å². The van der Waals surface area contributed by atoms with Crippen LogP contribution in [0.2, 0.25) is 0 Å². The lowest BCUT2D eigenvalue weighted by Crippen LogP contribution is -2.12. The average molecular weight is 290 g/mol. The Hall–Kier alpha value is -3.23. The molecule has 9 nitrogen and oxygen atoms in total. The number of nitrogens with one attached hydrogen (secondary N) is 2. The third-order valence-electron chi connectivity index (χ3n) is 2.71. The minimum atomic E-state index is -1.20. The molecule has 2 rings (SSSR count). The Kier molecular flexibility index (Phi) is 3.65. The van der Waals surface area contributed by atoms with Crippen LogP contribution in [0.4, 0.5) is 11.5 Å². The van der Waals surface area contributed by atoms with Crippen molar-refractivity contribution in [2.75, 3.05) is 5.32 Å². The van der Waals surface area contributed by atoms with E-state index in [4.69, 9.17) is 5.11 Å². The van der Waals surface area contributed by atoms with Crippen LogP contribution in [0.15, 0.2) is 24.3 Å². The molecule has 1 amide bonds. The van der Waals surface area contributed by atoms with Gasteiger partial charge in [0, 0.05) is 23.3 Å². The summed E-state index contributed by atoms with van der Waals surface area (Å²) in [4.78, 5) is 32.8. The number of hydrogen-bond acceptors (Lipinski definition) is 5. The second kappa shape index (κ2) is 5.41. The van der Waals surface area contributed by atoms with E-state index >= 15 is 0 Å². The molecule has 0 radical (unpaired) electrons. The molecule has 0 saturated carbocycles. The minimum absolute atomic E-state index is 0.0494. The first-order valence-corrected chi connectivity index (χ1v) is 5.73. The number of aromatic nitrogens is 2. The number of carbonyl (C=O) groups is 2. The predicted octanol–water partition coefficient (Wildman–Crippen LogP) is 1.58. The van der Waals surface area contributed by atoms with E-state index in [9.17, 15) is 19.7 Å². The largest absolute Gasteiger partial charge is 0.477 e. The molecular weight excluding hydrogens is 280 g/mol. The van der Waals surface area contributed by atoms with E-state index in [-0.39, 0.29) is 22.8 Å². The van der Waals surface area contributed by atoms with Gasteiger partial charge in [-0.25, -0.2) is 4.79 Å². The fourth-order valence-corrected chi connectivity index (χ4v) is 1.69. The van der Waals surface area contributed by atoms with Gasteiger partial charge < -0.3 is 10.4 Å². The molecule has 0 atom stereocenters. The van der Waals surface area contributed by atoms with Gasteiger partial charge in [-0.3, -0.25) is 20.0 Å². The summed E-state index contributed by atoms with van der Waals surface area (Å²) in [6.07, 6.45) is 0. The molecule has 0 spiro atoms. The van der Waals surface area contributed by atoms with E-state index < -0.39 is 16.8 Å². The summed E-state index contributed by atoms with van der Waals surface area (Å²) in [5.41, 5.74) is 0.309. The number of H-pyrrole nitrogens is 1. The molecule has 3 N–H and O–H groups in total. The topological polar surface area (TPSA) is 138 Å². The summed E-state index contributed by atoms with van der Waals surface area (Å²) in [5, 5.41) is 27.7. The maximum atomic E-state index is 11.9. The van der Waals surface area contributed by atoms with Gasteiger partial charge in [0.15, 0.2) is 5.82 Å². The highest BCUT2D eigenvalue weighted by Crippen LogP contribution is 2.19. The molecule has 0 saturated heterocycles. The lowest BCUT2D eigenvalue weighted by molar-refractivity contribution is -0.385. The van der Waals surface area contributed by atoms with Crippen molar-refractivity contribution in [2.24, 2.45) is 0 Å². The van der Waals surface area contributed by atoms with Crippen LogP contribution in [-0.2, 0) is 0 Å². The van der Waals surface area contributed by atoms with Gasteiger partial charge >= 0.3 is 5.97 Å². The standard InChI is InChI=1S/C12H10N4O5/c1-6-4-7(2-3-9(6)16(20)21)11(17)13-10-5-8(12(18)19)14-15-10/h2-5H,1H3,(H,18,19)(H2,13,14,15,17). The molecule has 0 unspecified atom stereocenters. The second-order valence-electron chi connectivity index (χ2n) is 4.18. The number of carboxylic acid groups (broad SMARTS) is 1. The highest BCUT2D eigenvalue weighted by atomic mass is 16.6. The van der Waals surface area contributed by atoms with Crippen molar-refractivity contribution in [1.29, 1.82) is 0 Å². The van der Waals surface area contributed by atoms with Crippen molar-refractivity contribution in [3.05, 3.63) is 51.2 Å². The van der Waals surface area contributed by atoms with Crippen molar-refractivity contribution in [3.8, 4) is 0 Å².